The van der Waals surface area contributed by atoms with Crippen molar-refractivity contribution in [3.8, 4) is 0 Å². The van der Waals surface area contributed by atoms with Crippen molar-refractivity contribution >= 4 is 27.8 Å². The van der Waals surface area contributed by atoms with Crippen LogP contribution in [-0.2, 0) is 0 Å². The summed E-state index contributed by atoms with van der Waals surface area (Å²) < 4.78 is 1.11. The van der Waals surface area contributed by atoms with Crippen molar-refractivity contribution in [3.05, 3.63) is 35.8 Å². The first-order valence-electron chi connectivity index (χ1n) is 8.60. The summed E-state index contributed by atoms with van der Waals surface area (Å²) in [4.78, 5) is 6.52. The van der Waals surface area contributed by atoms with Crippen LogP contribution in [0.2, 0.25) is 0 Å². The van der Waals surface area contributed by atoms with Crippen LogP contribution in [0.25, 0.3) is 0 Å². The Balaban J connectivity index is 0.00000312. The monoisotopic (exact) mass is 425 g/mol. The molecular weight excluding hydrogens is 398 g/mol. The number of thiazole rings is 1. The summed E-state index contributed by atoms with van der Waals surface area (Å²) in [7, 11) is 2.33. The molecule has 0 N–H and O–H groups in total. The number of rotatable bonds is 9. The van der Waals surface area contributed by atoms with Crippen LogP contribution in [-0.4, -0.2) is 49.2 Å². The maximum absolute atomic E-state index is 4.24. The first-order valence-corrected chi connectivity index (χ1v) is 9.48. The van der Waals surface area contributed by atoms with Crippen LogP contribution in [0.5, 0.6) is 0 Å². The summed E-state index contributed by atoms with van der Waals surface area (Å²) in [5.74, 6) is 0. The highest BCUT2D eigenvalue weighted by Crippen LogP contribution is 2.23. The van der Waals surface area contributed by atoms with E-state index >= 15 is 0 Å². The second-order valence-electron chi connectivity index (χ2n) is 6.09. The number of halogens is 1. The molecule has 7 heteroatoms. The fraction of sp³-hybridized carbons (Fsp3) is 0.500. The molecule has 0 bridgehead atoms. The average Bonchev–Trinajstić information content (AvgIpc) is 3.15. The molecule has 0 spiro atoms. The normalized spacial score (nSPS) is 11.5. The summed E-state index contributed by atoms with van der Waals surface area (Å²) in [5.41, 5.74) is 2.09. The van der Waals surface area contributed by atoms with Gasteiger partial charge in [-0.2, -0.15) is 0 Å². The van der Waals surface area contributed by atoms with E-state index in [1.807, 2.05) is 17.5 Å². The lowest BCUT2D eigenvalue weighted by Gasteiger charge is -2.35. The van der Waals surface area contributed by atoms with Gasteiger partial charge in [-0.3, -0.25) is 0 Å². The highest BCUT2D eigenvalue weighted by molar-refractivity contribution is 7.13. The molecule has 0 saturated carbocycles. The van der Waals surface area contributed by atoms with E-state index in [4.69, 9.17) is 0 Å². The Morgan fingerprint density at radius 2 is 1.76 bits per heavy atom. The van der Waals surface area contributed by atoms with Gasteiger partial charge in [0.25, 0.3) is 0 Å². The van der Waals surface area contributed by atoms with Crippen LogP contribution in [0, 0.1) is 0 Å². The van der Waals surface area contributed by atoms with Gasteiger partial charge in [0, 0.05) is 23.8 Å². The number of quaternary nitrogens is 1. The fourth-order valence-corrected chi connectivity index (χ4v) is 2.92. The number of hydrogen-bond acceptors (Lipinski definition) is 5. The van der Waals surface area contributed by atoms with E-state index in [0.29, 0.717) is 5.13 Å². The summed E-state index contributed by atoms with van der Waals surface area (Å²) in [6.07, 6.45) is 1.74. The molecule has 138 valence electrons. The van der Waals surface area contributed by atoms with Crippen molar-refractivity contribution in [3.63, 3.8) is 0 Å². The van der Waals surface area contributed by atoms with E-state index in [1.165, 1.54) is 30.1 Å². The quantitative estimate of drug-likeness (QED) is 0.454. The summed E-state index contributed by atoms with van der Waals surface area (Å²) in [5, 5.41) is 11.0. The summed E-state index contributed by atoms with van der Waals surface area (Å²) in [6.45, 7) is 12.3. The summed E-state index contributed by atoms with van der Waals surface area (Å²) in [6, 6.07) is 8.29. The van der Waals surface area contributed by atoms with E-state index in [-0.39, 0.29) is 17.0 Å². The topological polar surface area (TPSA) is 40.9 Å². The van der Waals surface area contributed by atoms with Crippen molar-refractivity contribution in [2.45, 2.75) is 20.8 Å². The Labute approximate surface area is 165 Å². The molecule has 0 fully saturated rings. The first-order chi connectivity index (χ1) is 11.6. The molecule has 1 aromatic heterocycles. The van der Waals surface area contributed by atoms with Crippen LogP contribution in [0.1, 0.15) is 20.8 Å². The number of anilines is 1. The molecule has 0 amide bonds. The lowest BCUT2D eigenvalue weighted by molar-refractivity contribution is -0.904. The Bertz CT molecular complexity index is 623. The van der Waals surface area contributed by atoms with Crippen LogP contribution < -0.4 is 21.9 Å². The van der Waals surface area contributed by atoms with Gasteiger partial charge in [0.2, 0.25) is 5.13 Å². The van der Waals surface area contributed by atoms with Crippen LogP contribution in [0.15, 0.2) is 46.1 Å². The summed E-state index contributed by atoms with van der Waals surface area (Å²) >= 11 is 1.49. The van der Waals surface area contributed by atoms with Crippen molar-refractivity contribution in [2.75, 3.05) is 44.7 Å². The first kappa shape index (κ1) is 21.7. The predicted molar refractivity (Wildman–Crippen MR) is 103 cm³/mol. The van der Waals surface area contributed by atoms with Crippen molar-refractivity contribution in [2.24, 2.45) is 10.2 Å². The molecule has 0 saturated heterocycles. The Morgan fingerprint density at radius 1 is 1.08 bits per heavy atom. The fourth-order valence-electron chi connectivity index (χ4n) is 2.47. The molecule has 0 aliphatic carbocycles. The maximum Gasteiger partial charge on any atom is 0.229 e. The molecule has 0 unspecified atom stereocenters. The highest BCUT2D eigenvalue weighted by atomic mass is 79.9. The van der Waals surface area contributed by atoms with Gasteiger partial charge in [-0.1, -0.05) is 0 Å². The number of benzene rings is 1. The molecule has 2 rings (SSSR count). The van der Waals surface area contributed by atoms with Gasteiger partial charge in [0.1, 0.15) is 0 Å². The van der Waals surface area contributed by atoms with Crippen LogP contribution in [0.3, 0.4) is 0 Å². The SMILES string of the molecule is CCN(CC[N+](C)(CC)CC)c1ccc(/N=N/c2nccs2)cc1.[Br-]. The van der Waals surface area contributed by atoms with Gasteiger partial charge in [-0.25, -0.2) is 4.98 Å². The molecule has 5 nitrogen and oxygen atoms in total. The van der Waals surface area contributed by atoms with Crippen LogP contribution >= 0.6 is 11.3 Å². The van der Waals surface area contributed by atoms with Crippen molar-refractivity contribution in [1.29, 1.82) is 0 Å². The zero-order valence-corrected chi connectivity index (χ0v) is 17.9. The maximum atomic E-state index is 4.24. The standard InChI is InChI=1S/C18H28N5S.BrH/c1-5-22(13-14-23(4,6-2)7-3)17-10-8-16(9-11-17)20-21-18-19-12-15-24-18;/h8-12,15H,5-7,13-14H2,1-4H3;1H/q+1;/p-1/b21-20+;. The van der Waals surface area contributed by atoms with Gasteiger partial charge < -0.3 is 26.4 Å². The molecule has 25 heavy (non-hydrogen) atoms. The van der Waals surface area contributed by atoms with E-state index in [2.05, 4.69) is 60.1 Å². The third kappa shape index (κ3) is 6.49. The minimum absolute atomic E-state index is 0. The molecule has 1 heterocycles. The molecule has 2 aromatic rings. The number of hydrogen-bond donors (Lipinski definition) is 0. The Morgan fingerprint density at radius 3 is 2.28 bits per heavy atom. The van der Waals surface area contributed by atoms with Crippen LogP contribution in [0.4, 0.5) is 16.5 Å². The van der Waals surface area contributed by atoms with E-state index in [9.17, 15) is 0 Å². The van der Waals surface area contributed by atoms with Gasteiger partial charge >= 0.3 is 0 Å². The zero-order valence-electron chi connectivity index (χ0n) is 15.5. The molecule has 1 aromatic carbocycles. The van der Waals surface area contributed by atoms with Crippen molar-refractivity contribution < 1.29 is 21.5 Å². The largest absolute Gasteiger partial charge is 1.00 e. The average molecular weight is 426 g/mol. The van der Waals surface area contributed by atoms with Gasteiger partial charge in [-0.15, -0.1) is 21.6 Å². The highest BCUT2D eigenvalue weighted by Gasteiger charge is 2.17. The Kier molecular flexibility index (Phi) is 9.24. The second kappa shape index (κ2) is 10.6. The van der Waals surface area contributed by atoms with Gasteiger partial charge in [0.15, 0.2) is 0 Å². The smallest absolute Gasteiger partial charge is 0.229 e. The molecule has 0 atom stereocenters. The van der Waals surface area contributed by atoms with Crippen molar-refractivity contribution in [1.82, 2.24) is 4.98 Å². The minimum Gasteiger partial charge on any atom is -1.00 e. The number of aromatic nitrogens is 1. The number of nitrogens with zero attached hydrogens (tertiary/aromatic N) is 5. The minimum atomic E-state index is 0. The number of azo groups is 1. The third-order valence-corrected chi connectivity index (χ3v) is 5.36. The second-order valence-corrected chi connectivity index (χ2v) is 6.96. The predicted octanol–water partition coefficient (Wildman–Crippen LogP) is 1.88. The Hall–Kier alpha value is -1.31. The van der Waals surface area contributed by atoms with E-state index in [1.54, 1.807) is 6.20 Å². The third-order valence-electron chi connectivity index (χ3n) is 4.70. The van der Waals surface area contributed by atoms with Gasteiger partial charge in [-0.05, 0) is 45.0 Å². The lowest BCUT2D eigenvalue weighted by Crippen LogP contribution is -3.00. The van der Waals surface area contributed by atoms with Gasteiger partial charge in [0.05, 0.1) is 38.9 Å². The lowest BCUT2D eigenvalue weighted by atomic mass is 10.2. The number of likely N-dealkylation sites (N-methyl/N-ethyl adjacent to an activating group) is 2. The molecule has 0 aliphatic heterocycles. The molecule has 0 aliphatic rings. The zero-order chi connectivity index (χ0) is 17.4. The van der Waals surface area contributed by atoms with E-state index in [0.717, 1.165) is 29.8 Å². The molecular formula is C18H28BrN5S. The van der Waals surface area contributed by atoms with E-state index < -0.39 is 0 Å². The molecule has 0 radical (unpaired) electrons.